The fourth-order valence-corrected chi connectivity index (χ4v) is 5.82. The van der Waals surface area contributed by atoms with Gasteiger partial charge in [0.15, 0.2) is 0 Å². The second-order valence-corrected chi connectivity index (χ2v) is 10.6. The zero-order valence-electron chi connectivity index (χ0n) is 21.2. The average molecular weight is 500 g/mol. The number of aryl methyl sites for hydroxylation is 1. The van der Waals surface area contributed by atoms with Crippen LogP contribution >= 0.6 is 0 Å². The molecule has 1 N–H and O–H groups in total. The third-order valence-electron chi connectivity index (χ3n) is 8.10. The Hall–Kier alpha value is -3.65. The van der Waals surface area contributed by atoms with E-state index < -0.39 is 6.04 Å². The first kappa shape index (κ1) is 23.7. The van der Waals surface area contributed by atoms with Gasteiger partial charge in [-0.15, -0.1) is 0 Å². The third-order valence-corrected chi connectivity index (χ3v) is 8.10. The summed E-state index contributed by atoms with van der Waals surface area (Å²) in [5.41, 5.74) is 5.02. The molecule has 1 aromatic heterocycles. The van der Waals surface area contributed by atoms with Crippen molar-refractivity contribution < 1.29 is 14.3 Å². The fraction of sp³-hybridized carbons (Fsp3) is 0.414. The van der Waals surface area contributed by atoms with Gasteiger partial charge < -0.3 is 19.9 Å². The molecule has 4 heterocycles. The number of carbonyl (C=O) groups excluding carboxylic acids is 2. The van der Waals surface area contributed by atoms with Crippen molar-refractivity contribution in [2.24, 2.45) is 5.41 Å². The summed E-state index contributed by atoms with van der Waals surface area (Å²) in [5.74, 6) is -0.426. The van der Waals surface area contributed by atoms with Gasteiger partial charge in [0.2, 0.25) is 5.91 Å². The van der Waals surface area contributed by atoms with Crippen LogP contribution in [0.25, 0.3) is 0 Å². The molecule has 37 heavy (non-hydrogen) atoms. The van der Waals surface area contributed by atoms with Gasteiger partial charge in [-0.3, -0.25) is 14.3 Å². The van der Waals surface area contributed by atoms with Gasteiger partial charge >= 0.3 is 0 Å². The molecule has 3 aliphatic rings. The van der Waals surface area contributed by atoms with Crippen LogP contribution in [0.4, 0.5) is 11.4 Å². The summed E-state index contributed by atoms with van der Waals surface area (Å²) < 4.78 is 7.29. The highest BCUT2D eigenvalue weighted by molar-refractivity contribution is 6.02. The second-order valence-electron chi connectivity index (χ2n) is 10.6. The third kappa shape index (κ3) is 4.73. The molecular formula is C29H33N5O3. The lowest BCUT2D eigenvalue weighted by Crippen LogP contribution is -2.58. The predicted octanol–water partition coefficient (Wildman–Crippen LogP) is 3.26. The first-order chi connectivity index (χ1) is 18.0. The molecule has 1 atom stereocenters. The summed E-state index contributed by atoms with van der Waals surface area (Å²) in [6.07, 6.45) is 5.32. The van der Waals surface area contributed by atoms with Gasteiger partial charge in [0.25, 0.3) is 5.91 Å². The van der Waals surface area contributed by atoms with E-state index in [1.54, 1.807) is 28.9 Å². The van der Waals surface area contributed by atoms with E-state index in [4.69, 9.17) is 4.74 Å². The molecule has 8 nitrogen and oxygen atoms in total. The molecule has 2 aromatic carbocycles. The van der Waals surface area contributed by atoms with Crippen LogP contribution in [-0.2, 0) is 22.5 Å². The molecule has 3 aromatic rings. The monoisotopic (exact) mass is 499 g/mol. The quantitative estimate of drug-likeness (QED) is 0.583. The molecule has 192 valence electrons. The van der Waals surface area contributed by atoms with Crippen molar-refractivity contribution in [2.45, 2.75) is 38.3 Å². The van der Waals surface area contributed by atoms with Gasteiger partial charge in [-0.25, -0.2) is 0 Å². The zero-order chi connectivity index (χ0) is 25.4. The second kappa shape index (κ2) is 9.67. The maximum Gasteiger partial charge on any atom is 0.272 e. The number of benzene rings is 2. The zero-order valence-corrected chi connectivity index (χ0v) is 21.2. The molecular weight excluding hydrogens is 466 g/mol. The Kier molecular flexibility index (Phi) is 6.20. The summed E-state index contributed by atoms with van der Waals surface area (Å²) >= 11 is 0. The fourth-order valence-electron chi connectivity index (χ4n) is 5.82. The standard InChI is InChI=1S/C29H33N5O3/c1-32-26-17-23(33-19-29(20-33)12-15-37-16-13-29)9-7-22(26)8-10-25(28(32)36)30-27(35)24-11-14-34(31-24)18-21-5-3-2-4-6-21/h2-7,9,11,14,17,25H,8,10,12-13,15-16,18-20H2,1H3,(H,30,35)/t25-/m0/s1. The number of hydrogen-bond donors (Lipinski definition) is 1. The Bertz CT molecular complexity index is 1290. The van der Waals surface area contributed by atoms with Crippen LogP contribution in [0, 0.1) is 5.41 Å². The van der Waals surface area contributed by atoms with Crippen LogP contribution < -0.4 is 15.1 Å². The highest BCUT2D eigenvalue weighted by Crippen LogP contribution is 2.43. The van der Waals surface area contributed by atoms with Gasteiger partial charge in [-0.1, -0.05) is 36.4 Å². The first-order valence-electron chi connectivity index (χ1n) is 13.1. The van der Waals surface area contributed by atoms with Crippen molar-refractivity contribution >= 4 is 23.2 Å². The number of carbonyl (C=O) groups is 2. The number of nitrogens with zero attached hydrogens (tertiary/aromatic N) is 4. The molecule has 2 fully saturated rings. The number of rotatable bonds is 5. The largest absolute Gasteiger partial charge is 0.381 e. The number of fused-ring (bicyclic) bond motifs is 1. The average Bonchev–Trinajstić information content (AvgIpc) is 3.34. The van der Waals surface area contributed by atoms with Crippen molar-refractivity contribution in [2.75, 3.05) is 43.2 Å². The highest BCUT2D eigenvalue weighted by atomic mass is 16.5. The van der Waals surface area contributed by atoms with Gasteiger partial charge in [0, 0.05) is 56.3 Å². The lowest BCUT2D eigenvalue weighted by Gasteiger charge is -2.53. The van der Waals surface area contributed by atoms with E-state index in [2.05, 4.69) is 33.5 Å². The molecule has 0 unspecified atom stereocenters. The van der Waals surface area contributed by atoms with Crippen LogP contribution in [0.15, 0.2) is 60.8 Å². The summed E-state index contributed by atoms with van der Waals surface area (Å²) in [5, 5.41) is 7.36. The van der Waals surface area contributed by atoms with Crippen molar-refractivity contribution in [3.8, 4) is 0 Å². The van der Waals surface area contributed by atoms with E-state index in [9.17, 15) is 9.59 Å². The van der Waals surface area contributed by atoms with Crippen LogP contribution in [0.1, 0.15) is 40.9 Å². The molecule has 0 radical (unpaired) electrons. The van der Waals surface area contributed by atoms with Gasteiger partial charge in [-0.05, 0) is 55.0 Å². The molecule has 6 rings (SSSR count). The van der Waals surface area contributed by atoms with Crippen LogP contribution in [0.5, 0.6) is 0 Å². The van der Waals surface area contributed by atoms with E-state index >= 15 is 0 Å². The Morgan fingerprint density at radius 1 is 1.11 bits per heavy atom. The minimum Gasteiger partial charge on any atom is -0.381 e. The van der Waals surface area contributed by atoms with Crippen molar-refractivity contribution in [1.29, 1.82) is 0 Å². The molecule has 0 aliphatic carbocycles. The van der Waals surface area contributed by atoms with Crippen LogP contribution in [-0.4, -0.2) is 61.0 Å². The summed E-state index contributed by atoms with van der Waals surface area (Å²) in [7, 11) is 1.81. The number of nitrogens with one attached hydrogen (secondary N) is 1. The van der Waals surface area contributed by atoms with Crippen LogP contribution in [0.3, 0.4) is 0 Å². The van der Waals surface area contributed by atoms with E-state index in [-0.39, 0.29) is 11.8 Å². The van der Waals surface area contributed by atoms with Gasteiger partial charge in [0.05, 0.1) is 6.54 Å². The van der Waals surface area contributed by atoms with Gasteiger partial charge in [0.1, 0.15) is 11.7 Å². The number of amides is 2. The lowest BCUT2D eigenvalue weighted by atomic mass is 9.73. The SMILES string of the molecule is CN1C(=O)[C@@H](NC(=O)c2ccn(Cc3ccccc3)n2)CCc2ccc(N3CC4(CCOCC4)C3)cc21. The van der Waals surface area contributed by atoms with Gasteiger partial charge in [-0.2, -0.15) is 5.10 Å². The summed E-state index contributed by atoms with van der Waals surface area (Å²) in [4.78, 5) is 30.5. The highest BCUT2D eigenvalue weighted by Gasteiger charge is 2.44. The maximum absolute atomic E-state index is 13.4. The lowest BCUT2D eigenvalue weighted by molar-refractivity contribution is -0.120. The normalized spacial score (nSPS) is 20.8. The first-order valence-corrected chi connectivity index (χ1v) is 13.1. The molecule has 2 amide bonds. The number of likely N-dealkylation sites (N-methyl/N-ethyl adjacent to an activating group) is 1. The minimum atomic E-state index is -0.595. The van der Waals surface area contributed by atoms with Crippen LogP contribution in [0.2, 0.25) is 0 Å². The maximum atomic E-state index is 13.4. The molecule has 8 heteroatoms. The molecule has 3 aliphatic heterocycles. The topological polar surface area (TPSA) is 79.7 Å². The number of anilines is 2. The number of aromatic nitrogens is 2. The van der Waals surface area contributed by atoms with Crippen molar-refractivity contribution in [1.82, 2.24) is 15.1 Å². The molecule has 1 spiro atoms. The summed E-state index contributed by atoms with van der Waals surface area (Å²) in [6, 6.07) is 17.5. The Balaban J connectivity index is 1.11. The number of ether oxygens (including phenoxy) is 1. The van der Waals surface area contributed by atoms with E-state index in [0.29, 0.717) is 24.1 Å². The minimum absolute atomic E-state index is 0.0996. The van der Waals surface area contributed by atoms with E-state index in [1.165, 1.54) is 0 Å². The Labute approximate surface area is 217 Å². The predicted molar refractivity (Wildman–Crippen MR) is 142 cm³/mol. The molecule has 2 saturated heterocycles. The smallest absolute Gasteiger partial charge is 0.272 e. The molecule has 0 bridgehead atoms. The number of hydrogen-bond acceptors (Lipinski definition) is 5. The van der Waals surface area contributed by atoms with Crippen molar-refractivity contribution in [3.63, 3.8) is 0 Å². The Morgan fingerprint density at radius 3 is 2.68 bits per heavy atom. The summed E-state index contributed by atoms with van der Waals surface area (Å²) in [6.45, 7) is 4.39. The Morgan fingerprint density at radius 2 is 1.89 bits per heavy atom. The van der Waals surface area contributed by atoms with E-state index in [0.717, 1.165) is 68.1 Å². The van der Waals surface area contributed by atoms with E-state index in [1.807, 2.05) is 30.3 Å². The molecule has 0 saturated carbocycles. The van der Waals surface area contributed by atoms with Crippen molar-refractivity contribution in [3.05, 3.63) is 77.6 Å².